The summed E-state index contributed by atoms with van der Waals surface area (Å²) in [6.07, 6.45) is 5.76. The molecule has 5 nitrogen and oxygen atoms in total. The Morgan fingerprint density at radius 3 is 3.00 bits per heavy atom. The highest BCUT2D eigenvalue weighted by molar-refractivity contribution is 5.97. The summed E-state index contributed by atoms with van der Waals surface area (Å²) in [5.41, 5.74) is 4.10. The van der Waals surface area contributed by atoms with Crippen LogP contribution in [0.15, 0.2) is 53.9 Å². The minimum absolute atomic E-state index is 0.160. The van der Waals surface area contributed by atoms with Gasteiger partial charge in [0, 0.05) is 12.7 Å². The number of hydrogen-bond acceptors (Lipinski definition) is 4. The van der Waals surface area contributed by atoms with Crippen molar-refractivity contribution in [2.75, 3.05) is 11.4 Å². The van der Waals surface area contributed by atoms with E-state index < -0.39 is 0 Å². The van der Waals surface area contributed by atoms with E-state index in [2.05, 4.69) is 15.0 Å². The second kappa shape index (κ2) is 6.20. The molecule has 0 radical (unpaired) electrons. The Bertz CT molecular complexity index is 950. The standard InChI is InChI=1S/C19H19FN4O/c1-13(22-25)18-11-21-19-8-7-16(12-24(18)19)23-9-3-6-17(23)14-4-2-5-15(20)10-14/h2,4-5,7-8,10-12,17,25H,3,6,9H2,1H3/b22-13+. The second-order valence-corrected chi connectivity index (χ2v) is 6.35. The third-order valence-corrected chi connectivity index (χ3v) is 4.83. The van der Waals surface area contributed by atoms with Crippen molar-refractivity contribution in [1.29, 1.82) is 0 Å². The highest BCUT2D eigenvalue weighted by Crippen LogP contribution is 2.36. The summed E-state index contributed by atoms with van der Waals surface area (Å²) in [5, 5.41) is 12.3. The van der Waals surface area contributed by atoms with Crippen molar-refractivity contribution in [3.8, 4) is 0 Å². The fourth-order valence-corrected chi connectivity index (χ4v) is 3.59. The van der Waals surface area contributed by atoms with Gasteiger partial charge in [-0.1, -0.05) is 17.3 Å². The largest absolute Gasteiger partial charge is 0.411 e. The van der Waals surface area contributed by atoms with E-state index in [9.17, 15) is 4.39 Å². The number of nitrogens with zero attached hydrogens (tertiary/aromatic N) is 4. The topological polar surface area (TPSA) is 53.1 Å². The van der Waals surface area contributed by atoms with E-state index in [1.165, 1.54) is 6.07 Å². The molecular formula is C19H19FN4O. The minimum Gasteiger partial charge on any atom is -0.411 e. The number of oxime groups is 1. The summed E-state index contributed by atoms with van der Waals surface area (Å²) in [6.45, 7) is 2.66. The maximum Gasteiger partial charge on any atom is 0.137 e. The molecule has 0 saturated carbocycles. The van der Waals surface area contributed by atoms with E-state index in [0.29, 0.717) is 5.71 Å². The van der Waals surface area contributed by atoms with Gasteiger partial charge in [-0.25, -0.2) is 9.37 Å². The molecule has 1 N–H and O–H groups in total. The molecule has 1 aliphatic heterocycles. The van der Waals surface area contributed by atoms with Crippen LogP contribution in [-0.4, -0.2) is 26.8 Å². The SMILES string of the molecule is C/C(=N\O)c1cnc2ccc(N3CCCC3c3cccc(F)c3)cn12. The minimum atomic E-state index is -0.202. The molecule has 4 rings (SSSR count). The molecule has 0 aliphatic carbocycles. The molecule has 2 aromatic heterocycles. The summed E-state index contributed by atoms with van der Waals surface area (Å²) >= 11 is 0. The Morgan fingerprint density at radius 1 is 1.32 bits per heavy atom. The molecule has 0 spiro atoms. The molecule has 25 heavy (non-hydrogen) atoms. The molecule has 1 fully saturated rings. The van der Waals surface area contributed by atoms with Gasteiger partial charge in [-0.3, -0.25) is 4.40 Å². The zero-order chi connectivity index (χ0) is 17.4. The first-order chi connectivity index (χ1) is 12.2. The number of hydrogen-bond donors (Lipinski definition) is 1. The van der Waals surface area contributed by atoms with Crippen LogP contribution in [-0.2, 0) is 0 Å². The van der Waals surface area contributed by atoms with E-state index in [-0.39, 0.29) is 11.9 Å². The zero-order valence-corrected chi connectivity index (χ0v) is 13.9. The van der Waals surface area contributed by atoms with Crippen molar-refractivity contribution < 1.29 is 9.60 Å². The van der Waals surface area contributed by atoms with Crippen molar-refractivity contribution in [2.45, 2.75) is 25.8 Å². The molecule has 1 atom stereocenters. The summed E-state index contributed by atoms with van der Waals surface area (Å²) in [6, 6.07) is 11.0. The molecule has 128 valence electrons. The van der Waals surface area contributed by atoms with Crippen LogP contribution >= 0.6 is 0 Å². The van der Waals surface area contributed by atoms with Gasteiger partial charge in [0.2, 0.25) is 0 Å². The second-order valence-electron chi connectivity index (χ2n) is 6.35. The maximum absolute atomic E-state index is 13.6. The van der Waals surface area contributed by atoms with Crippen LogP contribution in [0.2, 0.25) is 0 Å². The highest BCUT2D eigenvalue weighted by atomic mass is 19.1. The highest BCUT2D eigenvalue weighted by Gasteiger charge is 2.27. The Hall–Kier alpha value is -2.89. The van der Waals surface area contributed by atoms with Gasteiger partial charge in [-0.15, -0.1) is 0 Å². The van der Waals surface area contributed by atoms with E-state index in [0.717, 1.165) is 42.0 Å². The molecule has 3 aromatic rings. The number of imidazole rings is 1. The predicted molar refractivity (Wildman–Crippen MR) is 94.9 cm³/mol. The number of halogens is 1. The predicted octanol–water partition coefficient (Wildman–Crippen LogP) is 4.01. The molecule has 6 heteroatoms. The van der Waals surface area contributed by atoms with Gasteiger partial charge in [-0.2, -0.15) is 0 Å². The van der Waals surface area contributed by atoms with Crippen LogP contribution in [0.1, 0.15) is 37.1 Å². The van der Waals surface area contributed by atoms with Crippen LogP contribution in [0.25, 0.3) is 5.65 Å². The van der Waals surface area contributed by atoms with Gasteiger partial charge in [0.15, 0.2) is 0 Å². The molecular weight excluding hydrogens is 319 g/mol. The molecule has 0 bridgehead atoms. The fraction of sp³-hybridized carbons (Fsp3) is 0.263. The molecule has 1 aromatic carbocycles. The lowest BCUT2D eigenvalue weighted by Gasteiger charge is -2.27. The Kier molecular flexibility index (Phi) is 3.87. The van der Waals surface area contributed by atoms with E-state index >= 15 is 0 Å². The normalized spacial score (nSPS) is 18.2. The van der Waals surface area contributed by atoms with Crippen molar-refractivity contribution in [2.24, 2.45) is 5.16 Å². The third-order valence-electron chi connectivity index (χ3n) is 4.83. The number of rotatable bonds is 3. The monoisotopic (exact) mass is 338 g/mol. The first kappa shape index (κ1) is 15.6. The lowest BCUT2D eigenvalue weighted by Crippen LogP contribution is -2.23. The molecule has 1 unspecified atom stereocenters. The van der Waals surface area contributed by atoms with Gasteiger partial charge in [0.05, 0.1) is 23.6 Å². The summed E-state index contributed by atoms with van der Waals surface area (Å²) in [5.74, 6) is -0.202. The Labute approximate surface area is 145 Å². The molecule has 1 saturated heterocycles. The van der Waals surface area contributed by atoms with Gasteiger partial charge in [0.25, 0.3) is 0 Å². The maximum atomic E-state index is 13.6. The Balaban J connectivity index is 1.75. The van der Waals surface area contributed by atoms with Gasteiger partial charge >= 0.3 is 0 Å². The smallest absolute Gasteiger partial charge is 0.137 e. The van der Waals surface area contributed by atoms with E-state index in [1.807, 2.05) is 28.8 Å². The summed E-state index contributed by atoms with van der Waals surface area (Å²) in [7, 11) is 0. The van der Waals surface area contributed by atoms with E-state index in [4.69, 9.17) is 5.21 Å². The van der Waals surface area contributed by atoms with E-state index in [1.54, 1.807) is 25.3 Å². The number of fused-ring (bicyclic) bond motifs is 1. The van der Waals surface area contributed by atoms with Crippen LogP contribution in [0.5, 0.6) is 0 Å². The number of aromatic nitrogens is 2. The first-order valence-corrected chi connectivity index (χ1v) is 8.35. The number of anilines is 1. The summed E-state index contributed by atoms with van der Waals surface area (Å²) < 4.78 is 15.6. The van der Waals surface area contributed by atoms with Crippen molar-refractivity contribution in [3.05, 3.63) is 65.9 Å². The zero-order valence-electron chi connectivity index (χ0n) is 13.9. The molecule has 3 heterocycles. The van der Waals surface area contributed by atoms with Crippen molar-refractivity contribution >= 4 is 17.0 Å². The number of benzene rings is 1. The van der Waals surface area contributed by atoms with Gasteiger partial charge < -0.3 is 10.1 Å². The van der Waals surface area contributed by atoms with Crippen LogP contribution in [0.3, 0.4) is 0 Å². The van der Waals surface area contributed by atoms with Crippen molar-refractivity contribution in [1.82, 2.24) is 9.38 Å². The van der Waals surface area contributed by atoms with Gasteiger partial charge in [-0.05, 0) is 49.6 Å². The average Bonchev–Trinajstić information content (AvgIpc) is 3.27. The molecule has 1 aliphatic rings. The molecule has 0 amide bonds. The lowest BCUT2D eigenvalue weighted by atomic mass is 10.0. The van der Waals surface area contributed by atoms with Crippen LogP contribution in [0, 0.1) is 5.82 Å². The fourth-order valence-electron chi connectivity index (χ4n) is 3.59. The third kappa shape index (κ3) is 2.73. The number of pyridine rings is 1. The summed E-state index contributed by atoms with van der Waals surface area (Å²) in [4.78, 5) is 6.64. The Morgan fingerprint density at radius 2 is 2.20 bits per heavy atom. The lowest BCUT2D eigenvalue weighted by molar-refractivity contribution is 0.319. The van der Waals surface area contributed by atoms with Gasteiger partial charge in [0.1, 0.15) is 17.2 Å². The van der Waals surface area contributed by atoms with Crippen LogP contribution in [0.4, 0.5) is 10.1 Å². The van der Waals surface area contributed by atoms with Crippen molar-refractivity contribution in [3.63, 3.8) is 0 Å². The quantitative estimate of drug-likeness (QED) is 0.446. The average molecular weight is 338 g/mol. The van der Waals surface area contributed by atoms with Crippen LogP contribution < -0.4 is 4.90 Å². The first-order valence-electron chi connectivity index (χ1n) is 8.35.